The number of esters is 1. The molecular formula is C53H90O9. The van der Waals surface area contributed by atoms with Gasteiger partial charge in [0.2, 0.25) is 0 Å². The molecule has 0 aromatic carbocycles. The van der Waals surface area contributed by atoms with Crippen molar-refractivity contribution >= 4 is 5.97 Å². The molecule has 62 heavy (non-hydrogen) atoms. The summed E-state index contributed by atoms with van der Waals surface area (Å²) in [5, 5.41) is 40.2. The number of carbonyl (C=O) groups is 1. The number of allylic oxidation sites excluding steroid dienone is 14. The molecule has 9 heteroatoms. The van der Waals surface area contributed by atoms with E-state index in [1.54, 1.807) is 0 Å². The molecule has 0 aromatic rings. The molecule has 1 fully saturated rings. The van der Waals surface area contributed by atoms with Crippen LogP contribution in [0.4, 0.5) is 0 Å². The SMILES string of the molecule is CC/C=C\C/C=C\C/C=C\C/C=C\CCCCCCCCCOCC(COC1OC(CO)C(O)C(O)C1O)OC(=O)CCCCCCCC/C=C\C/C=C\C/C=C\CCCCC. The second kappa shape index (κ2) is 43.6. The molecule has 0 spiro atoms. The highest BCUT2D eigenvalue weighted by Crippen LogP contribution is 2.22. The fraction of sp³-hybridized carbons (Fsp3) is 0.717. The third kappa shape index (κ3) is 33.9. The maximum Gasteiger partial charge on any atom is 0.306 e. The second-order valence-corrected chi connectivity index (χ2v) is 16.5. The topological polar surface area (TPSA) is 135 Å². The number of unbranched alkanes of at least 4 members (excludes halogenated alkanes) is 16. The summed E-state index contributed by atoms with van der Waals surface area (Å²) in [6, 6.07) is 0. The monoisotopic (exact) mass is 871 g/mol. The molecule has 4 N–H and O–H groups in total. The lowest BCUT2D eigenvalue weighted by molar-refractivity contribution is -0.305. The third-order valence-electron chi connectivity index (χ3n) is 10.8. The Balaban J connectivity index is 2.26. The summed E-state index contributed by atoms with van der Waals surface area (Å²) >= 11 is 0. The minimum absolute atomic E-state index is 0.127. The van der Waals surface area contributed by atoms with Crippen molar-refractivity contribution < 1.29 is 44.2 Å². The van der Waals surface area contributed by atoms with Crippen LogP contribution in [0, 0.1) is 0 Å². The van der Waals surface area contributed by atoms with Gasteiger partial charge in [-0.1, -0.05) is 170 Å². The number of hydrogen-bond acceptors (Lipinski definition) is 9. The van der Waals surface area contributed by atoms with Gasteiger partial charge < -0.3 is 39.4 Å². The van der Waals surface area contributed by atoms with Crippen LogP contribution in [0.2, 0.25) is 0 Å². The van der Waals surface area contributed by atoms with E-state index in [9.17, 15) is 25.2 Å². The fourth-order valence-electron chi connectivity index (χ4n) is 6.96. The summed E-state index contributed by atoms with van der Waals surface area (Å²) < 4.78 is 22.9. The van der Waals surface area contributed by atoms with E-state index >= 15 is 0 Å². The molecule has 1 rings (SSSR count). The van der Waals surface area contributed by atoms with Crippen LogP contribution in [0.1, 0.15) is 181 Å². The van der Waals surface area contributed by atoms with E-state index in [-0.39, 0.29) is 19.2 Å². The quantitative estimate of drug-likeness (QED) is 0.0269. The molecule has 0 saturated carbocycles. The first-order chi connectivity index (χ1) is 30.4. The molecule has 0 aliphatic carbocycles. The summed E-state index contributed by atoms with van der Waals surface area (Å²) in [7, 11) is 0. The molecule has 0 bridgehead atoms. The largest absolute Gasteiger partial charge is 0.457 e. The maximum absolute atomic E-state index is 12.8. The lowest BCUT2D eigenvalue weighted by Gasteiger charge is -2.39. The molecule has 356 valence electrons. The van der Waals surface area contributed by atoms with E-state index < -0.39 is 43.4 Å². The predicted octanol–water partition coefficient (Wildman–Crippen LogP) is 11.8. The van der Waals surface area contributed by atoms with Crippen LogP contribution in [-0.4, -0.2) is 89.6 Å². The summed E-state index contributed by atoms with van der Waals surface area (Å²) in [6.45, 7) is 4.37. The van der Waals surface area contributed by atoms with Crippen LogP contribution in [0.25, 0.3) is 0 Å². The Hall–Kier alpha value is -2.63. The average molecular weight is 871 g/mol. The van der Waals surface area contributed by atoms with Gasteiger partial charge in [0, 0.05) is 13.0 Å². The lowest BCUT2D eigenvalue weighted by atomic mass is 9.99. The van der Waals surface area contributed by atoms with Crippen molar-refractivity contribution in [1.82, 2.24) is 0 Å². The zero-order valence-corrected chi connectivity index (χ0v) is 39.1. The van der Waals surface area contributed by atoms with Gasteiger partial charge in [-0.2, -0.15) is 0 Å². The van der Waals surface area contributed by atoms with Gasteiger partial charge >= 0.3 is 5.97 Å². The Kier molecular flexibility index (Phi) is 40.4. The number of carbonyl (C=O) groups excluding carboxylic acids is 1. The van der Waals surface area contributed by atoms with Gasteiger partial charge in [-0.3, -0.25) is 4.79 Å². The number of rotatable bonds is 41. The van der Waals surface area contributed by atoms with E-state index in [0.29, 0.717) is 13.0 Å². The second-order valence-electron chi connectivity index (χ2n) is 16.5. The van der Waals surface area contributed by atoms with E-state index in [1.165, 1.54) is 64.2 Å². The predicted molar refractivity (Wildman–Crippen MR) is 256 cm³/mol. The van der Waals surface area contributed by atoms with Crippen molar-refractivity contribution in [3.8, 4) is 0 Å². The zero-order chi connectivity index (χ0) is 45.0. The molecule has 6 unspecified atom stereocenters. The van der Waals surface area contributed by atoms with Crippen molar-refractivity contribution in [1.29, 1.82) is 0 Å². The van der Waals surface area contributed by atoms with Gasteiger partial charge in [0.1, 0.15) is 30.5 Å². The summed E-state index contributed by atoms with van der Waals surface area (Å²) in [5.41, 5.74) is 0. The highest BCUT2D eigenvalue weighted by molar-refractivity contribution is 5.69. The van der Waals surface area contributed by atoms with Crippen LogP contribution in [-0.2, 0) is 23.7 Å². The van der Waals surface area contributed by atoms with Gasteiger partial charge in [-0.05, 0) is 89.9 Å². The Morgan fingerprint density at radius 3 is 1.48 bits per heavy atom. The van der Waals surface area contributed by atoms with Crippen LogP contribution < -0.4 is 0 Å². The Labute approximate surface area is 378 Å². The molecule has 1 saturated heterocycles. The highest BCUT2D eigenvalue weighted by Gasteiger charge is 2.44. The van der Waals surface area contributed by atoms with Crippen molar-refractivity contribution in [2.45, 2.75) is 218 Å². The fourth-order valence-corrected chi connectivity index (χ4v) is 6.96. The number of hydrogen-bond donors (Lipinski definition) is 4. The van der Waals surface area contributed by atoms with E-state index in [1.807, 2.05) is 0 Å². The minimum atomic E-state index is -1.55. The maximum atomic E-state index is 12.8. The summed E-state index contributed by atoms with van der Waals surface area (Å²) in [5.74, 6) is -0.333. The van der Waals surface area contributed by atoms with E-state index in [2.05, 4.69) is 98.9 Å². The Morgan fingerprint density at radius 2 is 0.984 bits per heavy atom. The van der Waals surface area contributed by atoms with Crippen LogP contribution in [0.3, 0.4) is 0 Å². The number of aliphatic hydroxyl groups excluding tert-OH is 4. The van der Waals surface area contributed by atoms with Crippen LogP contribution in [0.5, 0.6) is 0 Å². The molecule has 0 radical (unpaired) electrons. The number of ether oxygens (including phenoxy) is 4. The zero-order valence-electron chi connectivity index (χ0n) is 39.1. The molecule has 0 aromatic heterocycles. The third-order valence-corrected chi connectivity index (χ3v) is 10.8. The van der Waals surface area contributed by atoms with Crippen molar-refractivity contribution in [2.75, 3.05) is 26.4 Å². The molecular weight excluding hydrogens is 781 g/mol. The van der Waals surface area contributed by atoms with Crippen LogP contribution >= 0.6 is 0 Å². The molecule has 1 aliphatic heterocycles. The number of aliphatic hydroxyl groups is 4. The van der Waals surface area contributed by atoms with Crippen molar-refractivity contribution in [3.63, 3.8) is 0 Å². The highest BCUT2D eigenvalue weighted by atomic mass is 16.7. The minimum Gasteiger partial charge on any atom is -0.457 e. The van der Waals surface area contributed by atoms with Gasteiger partial charge in [0.05, 0.1) is 19.8 Å². The van der Waals surface area contributed by atoms with Gasteiger partial charge in [0.25, 0.3) is 0 Å². The van der Waals surface area contributed by atoms with Crippen molar-refractivity contribution in [2.24, 2.45) is 0 Å². The van der Waals surface area contributed by atoms with Crippen LogP contribution in [0.15, 0.2) is 85.1 Å². The average Bonchev–Trinajstić information content (AvgIpc) is 3.27. The lowest BCUT2D eigenvalue weighted by Crippen LogP contribution is -2.59. The van der Waals surface area contributed by atoms with E-state index in [4.69, 9.17) is 18.9 Å². The Morgan fingerprint density at radius 1 is 0.532 bits per heavy atom. The van der Waals surface area contributed by atoms with Gasteiger partial charge in [0.15, 0.2) is 6.29 Å². The van der Waals surface area contributed by atoms with Gasteiger partial charge in [-0.25, -0.2) is 0 Å². The molecule has 1 aliphatic rings. The normalized spacial score (nSPS) is 20.5. The van der Waals surface area contributed by atoms with E-state index in [0.717, 1.165) is 96.3 Å². The Bertz CT molecular complexity index is 1220. The smallest absolute Gasteiger partial charge is 0.306 e. The molecule has 1 heterocycles. The molecule has 0 amide bonds. The molecule has 6 atom stereocenters. The first kappa shape index (κ1) is 57.4. The van der Waals surface area contributed by atoms with Crippen molar-refractivity contribution in [3.05, 3.63) is 85.1 Å². The van der Waals surface area contributed by atoms with Gasteiger partial charge in [-0.15, -0.1) is 0 Å². The first-order valence-corrected chi connectivity index (χ1v) is 24.7. The summed E-state index contributed by atoms with van der Waals surface area (Å²) in [6.07, 6.45) is 51.7. The summed E-state index contributed by atoms with van der Waals surface area (Å²) in [4.78, 5) is 12.8. The standard InChI is InChI=1S/C53H90O9/c1-3-5-7-9-11-13-15-17-19-21-23-25-27-29-31-33-35-37-39-41-43-59-45-47(46-60-53-52(58)51(57)50(56)48(44-54)62-53)61-49(55)42-40-38-36-34-32-30-28-26-24-22-20-18-16-14-12-10-8-6-4-2/h5,7,11-14,17-20,23-26,47-48,50-54,56-58H,3-4,6,8-10,15-16,21-22,27-46H2,1-2H3/b7-5-,13-11-,14-12-,19-17-,20-18-,25-23-,26-24-. The first-order valence-electron chi connectivity index (χ1n) is 24.7. The molecule has 9 nitrogen and oxygen atoms in total.